The zero-order chi connectivity index (χ0) is 25.8. The van der Waals surface area contributed by atoms with E-state index in [9.17, 15) is 13.6 Å². The minimum Gasteiger partial charge on any atom is -0.772 e. The van der Waals surface area contributed by atoms with E-state index in [0.717, 1.165) is 23.1 Å². The quantitative estimate of drug-likeness (QED) is 0.172. The Balaban J connectivity index is 1.85. The first kappa shape index (κ1) is 26.5. The van der Waals surface area contributed by atoms with Crippen LogP contribution in [-0.4, -0.2) is 36.4 Å². The number of hydrogen-bond donors (Lipinski definition) is 4. The minimum absolute atomic E-state index is 0.0120. The first-order valence-corrected chi connectivity index (χ1v) is 12.9. The molecular formula is C26H32N5O3S-. The molecule has 0 amide bonds. The maximum atomic E-state index is 13.4. The lowest BCUT2D eigenvalue weighted by molar-refractivity contribution is -0.117. The molecule has 2 aromatic carbocycles. The predicted molar refractivity (Wildman–Crippen MR) is 140 cm³/mol. The normalized spacial score (nSPS) is 14.9. The molecule has 0 saturated carbocycles. The lowest BCUT2D eigenvalue weighted by atomic mass is 9.80. The van der Waals surface area contributed by atoms with E-state index in [-0.39, 0.29) is 17.5 Å². The number of aromatic nitrogens is 1. The van der Waals surface area contributed by atoms with Crippen molar-refractivity contribution < 1.29 is 13.6 Å². The van der Waals surface area contributed by atoms with Crippen LogP contribution in [0, 0.1) is 16.7 Å². The summed E-state index contributed by atoms with van der Waals surface area (Å²) >= 11 is -2.56. The van der Waals surface area contributed by atoms with Crippen molar-refractivity contribution in [1.82, 2.24) is 4.57 Å². The van der Waals surface area contributed by atoms with E-state index in [2.05, 4.69) is 10.6 Å². The lowest BCUT2D eigenvalue weighted by Crippen LogP contribution is -2.53. The van der Waals surface area contributed by atoms with E-state index in [0.29, 0.717) is 30.4 Å². The number of carbonyl (C=O) groups excluding carboxylic acids is 1. The number of ketones is 1. The fraction of sp³-hybridized carbons (Fsp3) is 0.346. The monoisotopic (exact) mass is 494 g/mol. The van der Waals surface area contributed by atoms with Crippen LogP contribution >= 0.6 is 0 Å². The molecule has 6 N–H and O–H groups in total. The Bertz CT molecular complexity index is 1270. The van der Waals surface area contributed by atoms with Crippen molar-refractivity contribution in [2.24, 2.45) is 17.4 Å². The number of hydrogen-bond acceptors (Lipinski definition) is 6. The summed E-state index contributed by atoms with van der Waals surface area (Å²) < 4.78 is 25.3. The van der Waals surface area contributed by atoms with Gasteiger partial charge in [0.25, 0.3) is 0 Å². The molecule has 0 aliphatic heterocycles. The van der Waals surface area contributed by atoms with Gasteiger partial charge in [0.05, 0.1) is 5.71 Å². The number of amidine groups is 1. The molecule has 0 spiro atoms. The molecule has 1 unspecified atom stereocenters. The minimum atomic E-state index is -2.56. The average Bonchev–Trinajstić information content (AvgIpc) is 3.20. The van der Waals surface area contributed by atoms with Crippen LogP contribution in [0.25, 0.3) is 10.9 Å². The third kappa shape index (κ3) is 5.58. The topological polar surface area (TPSA) is 162 Å². The Morgan fingerprint density at radius 3 is 2.40 bits per heavy atom. The lowest BCUT2D eigenvalue weighted by Gasteiger charge is -2.31. The van der Waals surface area contributed by atoms with Crippen LogP contribution in [0.1, 0.15) is 43.5 Å². The highest BCUT2D eigenvalue weighted by atomic mass is 32.2. The molecule has 1 aromatic heterocycles. The van der Waals surface area contributed by atoms with Gasteiger partial charge in [0.15, 0.2) is 0 Å². The van der Waals surface area contributed by atoms with Gasteiger partial charge in [-0.05, 0) is 49.3 Å². The fourth-order valence-electron chi connectivity index (χ4n) is 4.56. The van der Waals surface area contributed by atoms with Gasteiger partial charge in [-0.25, -0.2) is 0 Å². The third-order valence-electron chi connectivity index (χ3n) is 6.55. The average molecular weight is 495 g/mol. The van der Waals surface area contributed by atoms with Crippen LogP contribution in [0.3, 0.4) is 0 Å². The Kier molecular flexibility index (Phi) is 8.37. The van der Waals surface area contributed by atoms with Gasteiger partial charge in [0.2, 0.25) is 5.78 Å². The molecule has 0 fully saturated rings. The Morgan fingerprint density at radius 2 is 1.83 bits per heavy atom. The van der Waals surface area contributed by atoms with Crippen molar-refractivity contribution in [3.8, 4) is 0 Å². The van der Waals surface area contributed by atoms with Gasteiger partial charge < -0.3 is 26.0 Å². The Morgan fingerprint density at radius 1 is 1.14 bits per heavy atom. The van der Waals surface area contributed by atoms with Crippen LogP contribution < -0.4 is 11.5 Å². The van der Waals surface area contributed by atoms with E-state index in [1.54, 1.807) is 30.3 Å². The van der Waals surface area contributed by atoms with Crippen molar-refractivity contribution in [3.63, 3.8) is 0 Å². The zero-order valence-electron chi connectivity index (χ0n) is 20.0. The first-order valence-electron chi connectivity index (χ1n) is 11.6. The number of Topliss-reactive ketones (excluding diaryl/α,β-unsaturated/α-hetero) is 1. The summed E-state index contributed by atoms with van der Waals surface area (Å²) in [5.41, 5.74) is 13.2. The molecule has 1 heterocycles. The Labute approximate surface area is 208 Å². The molecular weight excluding hydrogens is 462 g/mol. The summed E-state index contributed by atoms with van der Waals surface area (Å²) in [4.78, 5) is 13.4. The number of nitrogen functional groups attached to an aromatic ring is 1. The SMILES string of the molecule is CC[C@@H](CCc1cc2ccc(C(=N)N)cc2n1CC)C(=N)C(=O)[C@@](N)(CS(=O)[O-])c1ccccc1. The molecule has 0 bridgehead atoms. The van der Waals surface area contributed by atoms with E-state index in [4.69, 9.17) is 22.3 Å². The van der Waals surface area contributed by atoms with E-state index in [1.807, 2.05) is 32.0 Å². The van der Waals surface area contributed by atoms with Crippen molar-refractivity contribution in [1.29, 1.82) is 10.8 Å². The number of rotatable bonds is 12. The van der Waals surface area contributed by atoms with Crippen LogP contribution in [0.15, 0.2) is 54.6 Å². The second-order valence-corrected chi connectivity index (χ2v) is 9.64. The summed E-state index contributed by atoms with van der Waals surface area (Å²) in [5.74, 6) is -1.61. The zero-order valence-corrected chi connectivity index (χ0v) is 20.9. The number of nitrogens with two attached hydrogens (primary N) is 2. The van der Waals surface area contributed by atoms with Gasteiger partial charge in [-0.3, -0.25) is 14.4 Å². The summed E-state index contributed by atoms with van der Waals surface area (Å²) in [5, 5.41) is 17.4. The van der Waals surface area contributed by atoms with Gasteiger partial charge in [-0.2, -0.15) is 0 Å². The third-order valence-corrected chi connectivity index (χ3v) is 7.24. The number of aryl methyl sites for hydroxylation is 2. The largest absolute Gasteiger partial charge is 0.772 e. The van der Waals surface area contributed by atoms with E-state index < -0.39 is 28.2 Å². The highest BCUT2D eigenvalue weighted by Gasteiger charge is 2.40. The van der Waals surface area contributed by atoms with E-state index in [1.165, 1.54) is 0 Å². The molecule has 3 rings (SSSR count). The van der Waals surface area contributed by atoms with Crippen LogP contribution in [-0.2, 0) is 34.4 Å². The standard InChI is InChI=1S/C26H33N5O3S/c1-3-17(23(27)24(32)26(30,16-35(33)34)20-8-6-5-7-9-20)12-13-21-14-18-10-11-19(25(28)29)15-22(18)31(21)4-2/h5-11,14-15,17,27H,3-4,12-13,16,30H2,1-2H3,(H3,28,29)(H,33,34)/p-1/t17-,26+/m0/s1. The van der Waals surface area contributed by atoms with Crippen molar-refractivity contribution in [2.75, 3.05) is 5.75 Å². The van der Waals surface area contributed by atoms with Gasteiger partial charge >= 0.3 is 0 Å². The van der Waals surface area contributed by atoms with Crippen molar-refractivity contribution in [2.45, 2.75) is 45.2 Å². The maximum Gasteiger partial charge on any atom is 0.201 e. The molecule has 0 aliphatic rings. The Hall–Kier alpha value is -3.14. The molecule has 0 aliphatic carbocycles. The molecule has 0 saturated heterocycles. The predicted octanol–water partition coefficient (Wildman–Crippen LogP) is 3.23. The molecule has 3 atom stereocenters. The van der Waals surface area contributed by atoms with Gasteiger partial charge in [0.1, 0.15) is 11.4 Å². The number of fused-ring (bicyclic) bond motifs is 1. The van der Waals surface area contributed by atoms with Crippen LogP contribution in [0.5, 0.6) is 0 Å². The van der Waals surface area contributed by atoms with Crippen molar-refractivity contribution >= 4 is 39.3 Å². The number of nitrogens with zero attached hydrogens (tertiary/aromatic N) is 1. The number of benzene rings is 2. The summed E-state index contributed by atoms with van der Waals surface area (Å²) in [6.07, 6.45) is 1.72. The summed E-state index contributed by atoms with van der Waals surface area (Å²) in [6.45, 7) is 4.67. The number of carbonyl (C=O) groups is 1. The van der Waals surface area contributed by atoms with Gasteiger partial charge in [-0.15, -0.1) is 0 Å². The summed E-state index contributed by atoms with van der Waals surface area (Å²) in [6, 6.07) is 16.1. The summed E-state index contributed by atoms with van der Waals surface area (Å²) in [7, 11) is 0. The number of nitrogens with one attached hydrogen (secondary N) is 2. The molecule has 8 nitrogen and oxygen atoms in total. The first-order chi connectivity index (χ1) is 16.6. The maximum absolute atomic E-state index is 13.4. The molecule has 3 aromatic rings. The fourth-order valence-corrected chi connectivity index (χ4v) is 5.23. The molecule has 35 heavy (non-hydrogen) atoms. The molecule has 0 radical (unpaired) electrons. The van der Waals surface area contributed by atoms with Crippen LogP contribution in [0.4, 0.5) is 0 Å². The van der Waals surface area contributed by atoms with Crippen molar-refractivity contribution in [3.05, 3.63) is 71.4 Å². The van der Waals surface area contributed by atoms with Crippen LogP contribution in [0.2, 0.25) is 0 Å². The molecule has 186 valence electrons. The second-order valence-electron chi connectivity index (χ2n) is 8.74. The smallest absolute Gasteiger partial charge is 0.201 e. The van der Waals surface area contributed by atoms with Gasteiger partial charge in [0, 0.05) is 35.0 Å². The van der Waals surface area contributed by atoms with Gasteiger partial charge in [-0.1, -0.05) is 60.5 Å². The highest BCUT2D eigenvalue weighted by Crippen LogP contribution is 2.27. The molecule has 9 heteroatoms. The second kappa shape index (κ2) is 11.1. The highest BCUT2D eigenvalue weighted by molar-refractivity contribution is 7.79. The van der Waals surface area contributed by atoms with E-state index >= 15 is 0 Å².